The molecule has 1 aliphatic carbocycles. The summed E-state index contributed by atoms with van der Waals surface area (Å²) in [4.78, 5) is 11.5. The van der Waals surface area contributed by atoms with Crippen LogP contribution in [0, 0.1) is 5.92 Å². The second-order valence-corrected chi connectivity index (χ2v) is 5.03. The highest BCUT2D eigenvalue weighted by atomic mass is 16.5. The molecule has 1 heterocycles. The molecule has 0 aliphatic heterocycles. The molecular formula is C12H21N5O2. The number of nitrogens with one attached hydrogen (secondary N) is 1. The van der Waals surface area contributed by atoms with Crippen molar-refractivity contribution in [2.45, 2.75) is 45.3 Å². The summed E-state index contributed by atoms with van der Waals surface area (Å²) in [5, 5.41) is 13.4. The Hall–Kier alpha value is -1.50. The third-order valence-electron chi connectivity index (χ3n) is 3.49. The number of carbonyl (C=O) groups excluding carboxylic acids is 1. The molecular weight excluding hydrogens is 246 g/mol. The molecule has 0 unspecified atom stereocenters. The number of carbonyl (C=O) groups is 1. The SMILES string of the molecule is C[C@H]1CCCC[C@@H]1OCCNC(=O)Cn1cnnn1. The standard InChI is InChI=1S/C12H21N5O2/c1-10-4-2-3-5-11(10)19-7-6-13-12(18)8-17-9-14-15-16-17/h9-11H,2-8H2,1H3,(H,13,18)/t10-,11-/m0/s1. The Morgan fingerprint density at radius 3 is 3.05 bits per heavy atom. The van der Waals surface area contributed by atoms with Crippen LogP contribution in [0.15, 0.2) is 6.33 Å². The van der Waals surface area contributed by atoms with Gasteiger partial charge in [-0.05, 0) is 29.2 Å². The van der Waals surface area contributed by atoms with Crippen LogP contribution in [0.3, 0.4) is 0 Å². The lowest BCUT2D eigenvalue weighted by molar-refractivity contribution is -0.122. The first kappa shape index (κ1) is 13.9. The highest BCUT2D eigenvalue weighted by Crippen LogP contribution is 2.25. The quantitative estimate of drug-likeness (QED) is 0.754. The minimum Gasteiger partial charge on any atom is -0.376 e. The molecule has 1 aliphatic rings. The van der Waals surface area contributed by atoms with E-state index in [-0.39, 0.29) is 12.5 Å². The molecule has 2 rings (SSSR count). The monoisotopic (exact) mass is 267 g/mol. The summed E-state index contributed by atoms with van der Waals surface area (Å²) in [5.41, 5.74) is 0. The highest BCUT2D eigenvalue weighted by Gasteiger charge is 2.21. The van der Waals surface area contributed by atoms with E-state index in [2.05, 4.69) is 27.8 Å². The molecule has 19 heavy (non-hydrogen) atoms. The zero-order valence-electron chi connectivity index (χ0n) is 11.3. The van der Waals surface area contributed by atoms with Crippen molar-refractivity contribution >= 4 is 5.91 Å². The Morgan fingerprint density at radius 2 is 2.32 bits per heavy atom. The molecule has 1 fully saturated rings. The summed E-state index contributed by atoms with van der Waals surface area (Å²) in [6, 6.07) is 0. The lowest BCUT2D eigenvalue weighted by atomic mass is 9.88. The van der Waals surface area contributed by atoms with Crippen LogP contribution in [0.2, 0.25) is 0 Å². The van der Waals surface area contributed by atoms with E-state index in [9.17, 15) is 4.79 Å². The maximum absolute atomic E-state index is 11.5. The number of hydrogen-bond donors (Lipinski definition) is 1. The fourth-order valence-corrected chi connectivity index (χ4v) is 2.39. The van der Waals surface area contributed by atoms with Gasteiger partial charge >= 0.3 is 0 Å². The van der Waals surface area contributed by atoms with Crippen molar-refractivity contribution in [3.63, 3.8) is 0 Å². The number of hydrogen-bond acceptors (Lipinski definition) is 5. The number of rotatable bonds is 6. The van der Waals surface area contributed by atoms with Crippen molar-refractivity contribution in [3.8, 4) is 0 Å². The van der Waals surface area contributed by atoms with Gasteiger partial charge in [-0.25, -0.2) is 4.68 Å². The molecule has 0 radical (unpaired) electrons. The van der Waals surface area contributed by atoms with E-state index in [4.69, 9.17) is 4.74 Å². The number of nitrogens with zero attached hydrogens (tertiary/aromatic N) is 4. The number of ether oxygens (including phenoxy) is 1. The van der Waals surface area contributed by atoms with E-state index in [1.165, 1.54) is 30.3 Å². The average molecular weight is 267 g/mol. The number of amides is 1. The summed E-state index contributed by atoms with van der Waals surface area (Å²) in [5.74, 6) is 0.526. The minimum atomic E-state index is -0.104. The minimum absolute atomic E-state index is 0.104. The molecule has 1 aromatic heterocycles. The first-order valence-corrected chi connectivity index (χ1v) is 6.85. The van der Waals surface area contributed by atoms with Gasteiger partial charge in [0, 0.05) is 6.54 Å². The van der Waals surface area contributed by atoms with E-state index in [0.29, 0.717) is 25.2 Å². The second kappa shape index (κ2) is 7.18. The molecule has 1 N–H and O–H groups in total. The van der Waals surface area contributed by atoms with Gasteiger partial charge in [-0.1, -0.05) is 19.8 Å². The molecule has 106 valence electrons. The molecule has 1 aromatic rings. The molecule has 0 aromatic carbocycles. The maximum Gasteiger partial charge on any atom is 0.241 e. The zero-order chi connectivity index (χ0) is 13.5. The smallest absolute Gasteiger partial charge is 0.241 e. The first-order valence-electron chi connectivity index (χ1n) is 6.85. The van der Waals surface area contributed by atoms with Crippen molar-refractivity contribution in [1.82, 2.24) is 25.5 Å². The Labute approximate surface area is 112 Å². The van der Waals surface area contributed by atoms with Crippen molar-refractivity contribution in [2.24, 2.45) is 5.92 Å². The van der Waals surface area contributed by atoms with Gasteiger partial charge in [-0.15, -0.1) is 5.10 Å². The molecule has 0 bridgehead atoms. The van der Waals surface area contributed by atoms with Crippen molar-refractivity contribution in [3.05, 3.63) is 6.33 Å². The van der Waals surface area contributed by atoms with E-state index in [1.54, 1.807) is 0 Å². The van der Waals surface area contributed by atoms with Crippen LogP contribution < -0.4 is 5.32 Å². The van der Waals surface area contributed by atoms with Gasteiger partial charge in [-0.2, -0.15) is 0 Å². The van der Waals surface area contributed by atoms with Gasteiger partial charge in [0.1, 0.15) is 12.9 Å². The van der Waals surface area contributed by atoms with Crippen LogP contribution in [0.1, 0.15) is 32.6 Å². The molecule has 7 nitrogen and oxygen atoms in total. The Kier molecular flexibility index (Phi) is 5.26. The third kappa shape index (κ3) is 4.59. The van der Waals surface area contributed by atoms with Crippen molar-refractivity contribution in [2.75, 3.05) is 13.2 Å². The summed E-state index contributed by atoms with van der Waals surface area (Å²) in [6.07, 6.45) is 6.71. The van der Waals surface area contributed by atoms with Gasteiger partial charge in [0.05, 0.1) is 12.7 Å². The average Bonchev–Trinajstić information content (AvgIpc) is 2.89. The van der Waals surface area contributed by atoms with Gasteiger partial charge in [0.15, 0.2) is 0 Å². The lowest BCUT2D eigenvalue weighted by Gasteiger charge is -2.28. The molecule has 7 heteroatoms. The predicted molar refractivity (Wildman–Crippen MR) is 68.2 cm³/mol. The van der Waals surface area contributed by atoms with Gasteiger partial charge in [0.2, 0.25) is 5.91 Å². The second-order valence-electron chi connectivity index (χ2n) is 5.03. The molecule has 1 saturated carbocycles. The lowest BCUT2D eigenvalue weighted by Crippen LogP contribution is -2.33. The zero-order valence-corrected chi connectivity index (χ0v) is 11.3. The van der Waals surface area contributed by atoms with E-state index in [0.717, 1.165) is 6.42 Å². The summed E-state index contributed by atoms with van der Waals surface area (Å²) < 4.78 is 7.21. The normalized spacial score (nSPS) is 23.2. The Bertz CT molecular complexity index is 381. The topological polar surface area (TPSA) is 81.9 Å². The van der Waals surface area contributed by atoms with Crippen LogP contribution in [0.4, 0.5) is 0 Å². The van der Waals surface area contributed by atoms with Crippen LogP contribution >= 0.6 is 0 Å². The Balaban J connectivity index is 1.57. The van der Waals surface area contributed by atoms with Gasteiger partial charge in [0.25, 0.3) is 0 Å². The van der Waals surface area contributed by atoms with E-state index in [1.807, 2.05) is 0 Å². The molecule has 2 atom stereocenters. The molecule has 0 spiro atoms. The van der Waals surface area contributed by atoms with Gasteiger partial charge < -0.3 is 10.1 Å². The van der Waals surface area contributed by atoms with E-state index < -0.39 is 0 Å². The fourth-order valence-electron chi connectivity index (χ4n) is 2.39. The summed E-state index contributed by atoms with van der Waals surface area (Å²) >= 11 is 0. The predicted octanol–water partition coefficient (Wildman–Crippen LogP) is 0.385. The van der Waals surface area contributed by atoms with Crippen LogP contribution in [-0.2, 0) is 16.1 Å². The van der Waals surface area contributed by atoms with Crippen LogP contribution in [-0.4, -0.2) is 45.4 Å². The number of tetrazole rings is 1. The van der Waals surface area contributed by atoms with Gasteiger partial charge in [-0.3, -0.25) is 4.79 Å². The summed E-state index contributed by atoms with van der Waals surface area (Å²) in [7, 11) is 0. The molecule has 0 saturated heterocycles. The molecule has 1 amide bonds. The fraction of sp³-hybridized carbons (Fsp3) is 0.833. The largest absolute Gasteiger partial charge is 0.376 e. The Morgan fingerprint density at radius 1 is 1.47 bits per heavy atom. The highest BCUT2D eigenvalue weighted by molar-refractivity contribution is 5.75. The number of aromatic nitrogens is 4. The third-order valence-corrected chi connectivity index (χ3v) is 3.49. The van der Waals surface area contributed by atoms with E-state index >= 15 is 0 Å². The van der Waals surface area contributed by atoms with Crippen molar-refractivity contribution in [1.29, 1.82) is 0 Å². The van der Waals surface area contributed by atoms with Crippen LogP contribution in [0.5, 0.6) is 0 Å². The van der Waals surface area contributed by atoms with Crippen molar-refractivity contribution < 1.29 is 9.53 Å². The van der Waals surface area contributed by atoms with Crippen LogP contribution in [0.25, 0.3) is 0 Å². The maximum atomic E-state index is 11.5. The first-order chi connectivity index (χ1) is 9.25. The summed E-state index contributed by atoms with van der Waals surface area (Å²) in [6.45, 7) is 3.48.